The van der Waals surface area contributed by atoms with Crippen LogP contribution in [0.15, 0.2) is 35.9 Å². The van der Waals surface area contributed by atoms with Gasteiger partial charge in [-0.25, -0.2) is 10.1 Å². The first-order valence-electron chi connectivity index (χ1n) is 8.38. The zero-order valence-electron chi connectivity index (χ0n) is 14.0. The average molecular weight is 386 g/mol. The highest BCUT2D eigenvalue weighted by atomic mass is 32.2. The Morgan fingerprint density at radius 3 is 2.58 bits per heavy atom. The van der Waals surface area contributed by atoms with Crippen molar-refractivity contribution in [1.82, 2.24) is 15.1 Å². The maximum absolute atomic E-state index is 12.9. The molecule has 26 heavy (non-hydrogen) atoms. The quantitative estimate of drug-likeness (QED) is 0.780. The molecule has 3 aliphatic rings. The summed E-state index contributed by atoms with van der Waals surface area (Å²) < 4.78 is 44.3. The number of benzene rings is 1. The van der Waals surface area contributed by atoms with Crippen molar-refractivity contribution in [1.29, 1.82) is 0 Å². The van der Waals surface area contributed by atoms with Gasteiger partial charge in [-0.1, -0.05) is 0 Å². The lowest BCUT2D eigenvalue weighted by atomic mass is 10.0. The van der Waals surface area contributed by atoms with Crippen LogP contribution >= 0.6 is 11.8 Å². The highest BCUT2D eigenvalue weighted by molar-refractivity contribution is 8.03. The Kier molecular flexibility index (Phi) is 4.01. The molecule has 2 amide bonds. The van der Waals surface area contributed by atoms with Crippen LogP contribution in [-0.4, -0.2) is 30.4 Å². The van der Waals surface area contributed by atoms with Crippen LogP contribution in [0.5, 0.6) is 0 Å². The number of carbonyl (C=O) groups is 1. The van der Waals surface area contributed by atoms with Crippen LogP contribution in [0.2, 0.25) is 0 Å². The molecule has 2 fully saturated rings. The first-order chi connectivity index (χ1) is 12.3. The van der Waals surface area contributed by atoms with Gasteiger partial charge in [0.05, 0.1) is 18.3 Å². The third-order valence-corrected chi connectivity index (χ3v) is 6.34. The van der Waals surface area contributed by atoms with Gasteiger partial charge in [0.15, 0.2) is 0 Å². The lowest BCUT2D eigenvalue weighted by Crippen LogP contribution is -2.90. The van der Waals surface area contributed by atoms with E-state index in [2.05, 4.69) is 10.6 Å². The number of ether oxygens (including phenoxy) is 1. The molecular weight excluding hydrogens is 367 g/mol. The average Bonchev–Trinajstić information content (AvgIpc) is 3.22. The van der Waals surface area contributed by atoms with E-state index in [1.807, 2.05) is 12.3 Å². The van der Waals surface area contributed by atoms with E-state index in [1.54, 1.807) is 6.20 Å². The molecule has 0 saturated carbocycles. The third-order valence-electron chi connectivity index (χ3n) is 5.20. The summed E-state index contributed by atoms with van der Waals surface area (Å²) >= 11 is 1.42. The van der Waals surface area contributed by atoms with Gasteiger partial charge in [0, 0.05) is 24.3 Å². The molecule has 1 spiro atoms. The van der Waals surface area contributed by atoms with Gasteiger partial charge in [-0.05, 0) is 42.6 Å². The summed E-state index contributed by atoms with van der Waals surface area (Å²) in [7, 11) is 0. The molecule has 0 bridgehead atoms. The molecule has 5 nitrogen and oxygen atoms in total. The van der Waals surface area contributed by atoms with E-state index in [0.717, 1.165) is 18.6 Å². The topological polar surface area (TPSA) is 50.4 Å². The molecule has 0 radical (unpaired) electrons. The van der Waals surface area contributed by atoms with Crippen molar-refractivity contribution in [3.05, 3.63) is 41.4 Å². The highest BCUT2D eigenvalue weighted by Crippen LogP contribution is 2.48. The number of nitrogens with one attached hydrogen (secondary N) is 2. The normalized spacial score (nSPS) is 36.1. The molecule has 4 atom stereocenters. The molecule has 9 heteroatoms. The van der Waals surface area contributed by atoms with Crippen LogP contribution in [0.3, 0.4) is 0 Å². The lowest BCUT2D eigenvalue weighted by Gasteiger charge is -2.55. The zero-order valence-corrected chi connectivity index (χ0v) is 14.9. The molecular formula is C17H19F3N3O2S+. The van der Waals surface area contributed by atoms with Gasteiger partial charge in [-0.15, -0.1) is 0 Å². The Morgan fingerprint density at radius 2 is 2.08 bits per heavy atom. The van der Waals surface area contributed by atoms with Crippen molar-refractivity contribution in [3.8, 4) is 0 Å². The lowest BCUT2D eigenvalue weighted by molar-refractivity contribution is -0.137. The van der Waals surface area contributed by atoms with Crippen molar-refractivity contribution in [2.75, 3.05) is 13.2 Å². The maximum atomic E-state index is 12.9. The van der Waals surface area contributed by atoms with Crippen LogP contribution in [0.4, 0.5) is 23.7 Å². The van der Waals surface area contributed by atoms with Crippen LogP contribution in [0, 0.1) is 5.92 Å². The molecule has 3 aliphatic heterocycles. The number of carbonyl (C=O) groups excluding carboxylic acids is 1. The first kappa shape index (κ1) is 17.7. The van der Waals surface area contributed by atoms with E-state index >= 15 is 0 Å². The standard InChI is InChI=1S/C17H18F3N3O2S/c1-11-8-12(10-25-11)9-23(15(24)22-17(23)21-6-7-26-17)14-4-2-13(3-5-14)16(18,19)20/h2-7,11-12,21H,8-10H2,1H3/p+1. The number of halogens is 3. The van der Waals surface area contributed by atoms with Gasteiger partial charge in [0.1, 0.15) is 12.2 Å². The molecule has 1 aromatic carbocycles. The smallest absolute Gasteiger partial charge is 0.378 e. The number of alkyl halides is 3. The molecule has 2 N–H and O–H groups in total. The summed E-state index contributed by atoms with van der Waals surface area (Å²) in [5, 5.41) is 7.10. The summed E-state index contributed by atoms with van der Waals surface area (Å²) in [4.78, 5) is 12.8. The maximum Gasteiger partial charge on any atom is 0.433 e. The highest BCUT2D eigenvalue weighted by Gasteiger charge is 2.71. The minimum absolute atomic E-state index is 0.0937. The Bertz CT molecular complexity index is 745. The zero-order chi connectivity index (χ0) is 18.6. The number of quaternary nitrogens is 1. The monoisotopic (exact) mass is 386 g/mol. The number of hydrogen-bond acceptors (Lipinski definition) is 4. The first-order valence-corrected chi connectivity index (χ1v) is 9.26. The fourth-order valence-electron chi connectivity index (χ4n) is 3.95. The van der Waals surface area contributed by atoms with Crippen molar-refractivity contribution >= 4 is 23.5 Å². The number of amides is 2. The van der Waals surface area contributed by atoms with Crippen LogP contribution < -0.4 is 15.1 Å². The number of nitrogens with zero attached hydrogens (tertiary/aromatic N) is 1. The van der Waals surface area contributed by atoms with Crippen molar-refractivity contribution in [2.45, 2.75) is 30.7 Å². The Balaban J connectivity index is 1.72. The van der Waals surface area contributed by atoms with E-state index in [0.29, 0.717) is 18.8 Å². The molecule has 140 valence electrons. The number of thioether (sulfide) groups is 1. The van der Waals surface area contributed by atoms with Gasteiger partial charge in [0.2, 0.25) is 0 Å². The summed E-state index contributed by atoms with van der Waals surface area (Å²) in [6.07, 6.45) is -1.72. The van der Waals surface area contributed by atoms with Crippen LogP contribution in [0.25, 0.3) is 0 Å². The molecule has 2 saturated heterocycles. The SMILES string of the molecule is CC1CC(C[N+]2(c3ccc(C(F)(F)F)cc3)C(=O)NC23NC=CS3)CO1. The third kappa shape index (κ3) is 2.52. The van der Waals surface area contributed by atoms with E-state index in [1.165, 1.54) is 23.9 Å². The van der Waals surface area contributed by atoms with Crippen molar-refractivity contribution < 1.29 is 22.7 Å². The predicted molar refractivity (Wildman–Crippen MR) is 92.8 cm³/mol. The van der Waals surface area contributed by atoms with Crippen molar-refractivity contribution in [2.24, 2.45) is 5.92 Å². The summed E-state index contributed by atoms with van der Waals surface area (Å²) in [5.41, 5.74) is -0.192. The Labute approximate surface area is 153 Å². The van der Waals surface area contributed by atoms with E-state index in [-0.39, 0.29) is 22.5 Å². The van der Waals surface area contributed by atoms with Crippen molar-refractivity contribution in [3.63, 3.8) is 0 Å². The van der Waals surface area contributed by atoms with Gasteiger partial charge in [-0.2, -0.15) is 17.7 Å². The molecule has 1 aromatic rings. The summed E-state index contributed by atoms with van der Waals surface area (Å²) in [6.45, 7) is 2.99. The summed E-state index contributed by atoms with van der Waals surface area (Å²) in [5.74, 6) is 0.151. The second-order valence-corrected chi connectivity index (χ2v) is 8.02. The number of rotatable bonds is 3. The molecule has 4 rings (SSSR count). The van der Waals surface area contributed by atoms with E-state index < -0.39 is 16.9 Å². The minimum Gasteiger partial charge on any atom is -0.378 e. The minimum atomic E-state index is -4.41. The number of urea groups is 1. The van der Waals surface area contributed by atoms with E-state index in [9.17, 15) is 18.0 Å². The molecule has 4 unspecified atom stereocenters. The predicted octanol–water partition coefficient (Wildman–Crippen LogP) is 3.58. The van der Waals surface area contributed by atoms with Gasteiger partial charge < -0.3 is 10.1 Å². The second-order valence-electron chi connectivity index (χ2n) is 6.92. The van der Waals surface area contributed by atoms with Crippen LogP contribution in [0.1, 0.15) is 18.9 Å². The Hall–Kier alpha value is -1.71. The molecule has 3 heterocycles. The fourth-order valence-corrected chi connectivity index (χ4v) is 5.00. The molecule has 0 aliphatic carbocycles. The number of hydrogen-bond donors (Lipinski definition) is 2. The summed E-state index contributed by atoms with van der Waals surface area (Å²) in [6, 6.07) is 4.66. The van der Waals surface area contributed by atoms with Crippen LogP contribution in [-0.2, 0) is 10.9 Å². The fraction of sp³-hybridized carbons (Fsp3) is 0.471. The largest absolute Gasteiger partial charge is 0.433 e. The van der Waals surface area contributed by atoms with Gasteiger partial charge in [0.25, 0.3) is 0 Å². The molecule has 0 aromatic heterocycles. The van der Waals surface area contributed by atoms with Gasteiger partial charge >= 0.3 is 17.3 Å². The van der Waals surface area contributed by atoms with Gasteiger partial charge in [-0.3, -0.25) is 0 Å². The van der Waals surface area contributed by atoms with E-state index in [4.69, 9.17) is 4.74 Å². The Morgan fingerprint density at radius 1 is 1.35 bits per heavy atom. The second kappa shape index (κ2) is 5.90.